The average molecular weight is 354 g/mol. The van der Waals surface area contributed by atoms with Gasteiger partial charge in [0.2, 0.25) is 0 Å². The summed E-state index contributed by atoms with van der Waals surface area (Å²) in [6, 6.07) is 11.8. The van der Waals surface area contributed by atoms with Gasteiger partial charge in [-0.1, -0.05) is 30.3 Å². The van der Waals surface area contributed by atoms with E-state index >= 15 is 0 Å². The van der Waals surface area contributed by atoms with Crippen molar-refractivity contribution in [3.8, 4) is 11.3 Å². The number of ether oxygens (including phenoxy) is 1. The second-order valence-corrected chi connectivity index (χ2v) is 7.21. The Morgan fingerprint density at radius 2 is 2.08 bits per heavy atom. The smallest absolute Gasteiger partial charge is 0.271 e. The van der Waals surface area contributed by atoms with Crippen LogP contribution in [0.25, 0.3) is 11.3 Å². The molecule has 26 heavy (non-hydrogen) atoms. The highest BCUT2D eigenvalue weighted by Crippen LogP contribution is 2.19. The Labute approximate surface area is 154 Å². The molecular weight excluding hydrogens is 328 g/mol. The number of carbonyl (C=O) groups is 1. The number of H-pyrrole nitrogens is 1. The first kappa shape index (κ1) is 17.2. The zero-order valence-electron chi connectivity index (χ0n) is 15.1. The van der Waals surface area contributed by atoms with E-state index in [-0.39, 0.29) is 5.91 Å². The molecule has 6 nitrogen and oxygen atoms in total. The lowest BCUT2D eigenvalue weighted by molar-refractivity contribution is 0.0754. The van der Waals surface area contributed by atoms with Crippen LogP contribution >= 0.6 is 0 Å². The van der Waals surface area contributed by atoms with Crippen LogP contribution in [-0.4, -0.2) is 71.8 Å². The summed E-state index contributed by atoms with van der Waals surface area (Å²) in [4.78, 5) is 17.3. The number of nitrogens with one attached hydrogen (secondary N) is 1. The van der Waals surface area contributed by atoms with Crippen molar-refractivity contribution in [3.05, 3.63) is 42.1 Å². The van der Waals surface area contributed by atoms with Gasteiger partial charge in [-0.05, 0) is 31.4 Å². The molecule has 1 aromatic carbocycles. The Balaban J connectivity index is 1.37. The lowest BCUT2D eigenvalue weighted by Gasteiger charge is -2.23. The van der Waals surface area contributed by atoms with Gasteiger partial charge in [0.1, 0.15) is 5.69 Å². The minimum atomic E-state index is 0.0470. The van der Waals surface area contributed by atoms with Crippen molar-refractivity contribution < 1.29 is 9.53 Å². The quantitative estimate of drug-likeness (QED) is 0.915. The largest absolute Gasteiger partial charge is 0.381 e. The summed E-state index contributed by atoms with van der Waals surface area (Å²) in [5, 5.41) is 7.23. The summed E-state index contributed by atoms with van der Waals surface area (Å²) in [7, 11) is 0. The number of hydrogen-bond acceptors (Lipinski definition) is 4. The number of hydrogen-bond donors (Lipinski definition) is 1. The summed E-state index contributed by atoms with van der Waals surface area (Å²) in [5.41, 5.74) is 2.40. The van der Waals surface area contributed by atoms with Crippen LogP contribution in [0.2, 0.25) is 0 Å². The first-order chi connectivity index (χ1) is 12.8. The fraction of sp³-hybridized carbons (Fsp3) is 0.500. The van der Waals surface area contributed by atoms with Crippen LogP contribution in [-0.2, 0) is 4.74 Å². The van der Waals surface area contributed by atoms with E-state index in [0.717, 1.165) is 70.0 Å². The highest BCUT2D eigenvalue weighted by atomic mass is 16.5. The van der Waals surface area contributed by atoms with E-state index in [0.29, 0.717) is 11.6 Å². The first-order valence-electron chi connectivity index (χ1n) is 9.50. The summed E-state index contributed by atoms with van der Waals surface area (Å²) < 4.78 is 5.48. The summed E-state index contributed by atoms with van der Waals surface area (Å²) in [6.07, 6.45) is 2.18. The van der Waals surface area contributed by atoms with Gasteiger partial charge in [0.25, 0.3) is 5.91 Å². The van der Waals surface area contributed by atoms with Crippen LogP contribution < -0.4 is 0 Å². The van der Waals surface area contributed by atoms with Crippen LogP contribution in [0, 0.1) is 5.92 Å². The number of carbonyl (C=O) groups excluding carboxylic acids is 1. The fourth-order valence-electron chi connectivity index (χ4n) is 3.81. The number of nitrogens with zero attached hydrogens (tertiary/aromatic N) is 3. The van der Waals surface area contributed by atoms with Gasteiger partial charge in [0.05, 0.1) is 12.3 Å². The van der Waals surface area contributed by atoms with Gasteiger partial charge in [-0.3, -0.25) is 9.89 Å². The summed E-state index contributed by atoms with van der Waals surface area (Å²) in [5.74, 6) is 0.698. The molecule has 2 aromatic rings. The zero-order chi connectivity index (χ0) is 17.8. The minimum absolute atomic E-state index is 0.0470. The van der Waals surface area contributed by atoms with Crippen LogP contribution in [0.5, 0.6) is 0 Å². The maximum Gasteiger partial charge on any atom is 0.271 e. The second-order valence-electron chi connectivity index (χ2n) is 7.21. The first-order valence-corrected chi connectivity index (χ1v) is 9.50. The van der Waals surface area contributed by atoms with Gasteiger partial charge in [-0.15, -0.1) is 0 Å². The molecule has 0 radical (unpaired) electrons. The van der Waals surface area contributed by atoms with Crippen molar-refractivity contribution in [3.63, 3.8) is 0 Å². The van der Waals surface area contributed by atoms with E-state index in [9.17, 15) is 4.79 Å². The van der Waals surface area contributed by atoms with Crippen molar-refractivity contribution in [2.45, 2.75) is 12.8 Å². The highest BCUT2D eigenvalue weighted by Gasteiger charge is 2.24. The normalized spacial score (nSPS) is 21.7. The van der Waals surface area contributed by atoms with Crippen molar-refractivity contribution in [1.82, 2.24) is 20.0 Å². The van der Waals surface area contributed by atoms with Crippen molar-refractivity contribution in [1.29, 1.82) is 0 Å². The SMILES string of the molecule is O=C(c1cc(-c2ccccc2)n[nH]1)N1CCCN(CC2CCOC2)CC1. The second kappa shape index (κ2) is 8.01. The standard InChI is InChI=1S/C20H26N4O2/c25-20(19-13-18(21-22-19)17-5-2-1-3-6-17)24-9-4-8-23(10-11-24)14-16-7-12-26-15-16/h1-3,5-6,13,16H,4,7-12,14-15H2,(H,21,22). The Bertz CT molecular complexity index is 724. The van der Waals surface area contributed by atoms with Crippen molar-refractivity contribution in [2.75, 3.05) is 45.9 Å². The molecule has 3 heterocycles. The third kappa shape index (κ3) is 3.97. The van der Waals surface area contributed by atoms with Crippen LogP contribution in [0.15, 0.2) is 36.4 Å². The lowest BCUT2D eigenvalue weighted by Crippen LogP contribution is -2.36. The van der Waals surface area contributed by atoms with E-state index in [1.807, 2.05) is 41.3 Å². The van der Waals surface area contributed by atoms with Gasteiger partial charge in [0.15, 0.2) is 0 Å². The number of benzene rings is 1. The van der Waals surface area contributed by atoms with Gasteiger partial charge in [0, 0.05) is 38.3 Å². The molecule has 2 saturated heterocycles. The average Bonchev–Trinajstić information content (AvgIpc) is 3.31. The molecule has 2 fully saturated rings. The van der Waals surface area contributed by atoms with Crippen molar-refractivity contribution >= 4 is 5.91 Å². The van der Waals surface area contributed by atoms with Gasteiger partial charge >= 0.3 is 0 Å². The molecule has 1 aromatic heterocycles. The van der Waals surface area contributed by atoms with E-state index in [1.54, 1.807) is 0 Å². The lowest BCUT2D eigenvalue weighted by atomic mass is 10.1. The van der Waals surface area contributed by atoms with Gasteiger partial charge in [-0.2, -0.15) is 5.10 Å². The molecule has 0 aliphatic carbocycles. The van der Waals surface area contributed by atoms with Crippen LogP contribution in [0.3, 0.4) is 0 Å². The predicted molar refractivity (Wildman–Crippen MR) is 99.9 cm³/mol. The van der Waals surface area contributed by atoms with Gasteiger partial charge < -0.3 is 14.5 Å². The minimum Gasteiger partial charge on any atom is -0.381 e. The molecule has 138 valence electrons. The molecule has 4 rings (SSSR count). The molecule has 0 saturated carbocycles. The number of aromatic amines is 1. The maximum atomic E-state index is 12.9. The van der Waals surface area contributed by atoms with Crippen molar-refractivity contribution in [2.24, 2.45) is 5.92 Å². The molecule has 0 bridgehead atoms. The van der Waals surface area contributed by atoms with E-state index in [4.69, 9.17) is 4.74 Å². The third-order valence-corrected chi connectivity index (χ3v) is 5.29. The molecule has 1 unspecified atom stereocenters. The fourth-order valence-corrected chi connectivity index (χ4v) is 3.81. The Morgan fingerprint density at radius 1 is 1.19 bits per heavy atom. The number of amides is 1. The van der Waals surface area contributed by atoms with Crippen LogP contribution in [0.1, 0.15) is 23.3 Å². The predicted octanol–water partition coefficient (Wildman–Crippen LogP) is 2.26. The summed E-state index contributed by atoms with van der Waals surface area (Å²) in [6.45, 7) is 6.43. The molecular formula is C20H26N4O2. The third-order valence-electron chi connectivity index (χ3n) is 5.29. The number of aromatic nitrogens is 2. The topological polar surface area (TPSA) is 61.5 Å². The highest BCUT2D eigenvalue weighted by molar-refractivity contribution is 5.93. The molecule has 2 aliphatic heterocycles. The van der Waals surface area contributed by atoms with Crippen LogP contribution in [0.4, 0.5) is 0 Å². The molecule has 1 atom stereocenters. The zero-order valence-corrected chi connectivity index (χ0v) is 15.1. The summed E-state index contributed by atoms with van der Waals surface area (Å²) >= 11 is 0. The Kier molecular flexibility index (Phi) is 5.32. The number of rotatable bonds is 4. The Morgan fingerprint density at radius 3 is 2.88 bits per heavy atom. The molecule has 1 N–H and O–H groups in total. The monoisotopic (exact) mass is 354 g/mol. The van der Waals surface area contributed by atoms with E-state index < -0.39 is 0 Å². The molecule has 2 aliphatic rings. The van der Waals surface area contributed by atoms with Gasteiger partial charge in [-0.25, -0.2) is 0 Å². The van der Waals surface area contributed by atoms with E-state index in [1.165, 1.54) is 0 Å². The molecule has 0 spiro atoms. The molecule has 1 amide bonds. The Hall–Kier alpha value is -2.18. The molecule has 6 heteroatoms. The van der Waals surface area contributed by atoms with E-state index in [2.05, 4.69) is 15.1 Å². The maximum absolute atomic E-state index is 12.9.